The molecule has 2 rings (SSSR count). The third-order valence-electron chi connectivity index (χ3n) is 4.38. The van der Waals surface area contributed by atoms with Crippen LogP contribution in [0, 0.1) is 6.92 Å². The Morgan fingerprint density at radius 1 is 1.15 bits per heavy atom. The highest BCUT2D eigenvalue weighted by Crippen LogP contribution is 2.21. The fraction of sp³-hybridized carbons (Fsp3) is 0.500. The lowest BCUT2D eigenvalue weighted by atomic mass is 10.2. The summed E-state index contributed by atoms with van der Waals surface area (Å²) < 4.78 is 33.6. The van der Waals surface area contributed by atoms with E-state index in [1.807, 2.05) is 40.0 Å². The summed E-state index contributed by atoms with van der Waals surface area (Å²) in [6, 6.07) is 7.02. The van der Waals surface area contributed by atoms with Gasteiger partial charge in [-0.05, 0) is 24.6 Å². The van der Waals surface area contributed by atoms with E-state index in [1.54, 1.807) is 23.9 Å². The van der Waals surface area contributed by atoms with Gasteiger partial charge in [0.15, 0.2) is 0 Å². The lowest BCUT2D eigenvalue weighted by Crippen LogP contribution is -2.30. The normalized spacial score (nSPS) is 11.9. The second-order valence-electron chi connectivity index (χ2n) is 6.03. The van der Waals surface area contributed by atoms with Crippen molar-refractivity contribution in [2.24, 2.45) is 7.05 Å². The zero-order valence-electron chi connectivity index (χ0n) is 16.1. The quantitative estimate of drug-likeness (QED) is 0.721. The van der Waals surface area contributed by atoms with Crippen molar-refractivity contribution in [1.82, 2.24) is 19.4 Å². The molecule has 26 heavy (non-hydrogen) atoms. The summed E-state index contributed by atoms with van der Waals surface area (Å²) in [5.74, 6) is 0.746. The molecule has 0 aliphatic carbocycles. The fourth-order valence-corrected chi connectivity index (χ4v) is 4.42. The van der Waals surface area contributed by atoms with Crippen molar-refractivity contribution in [3.63, 3.8) is 0 Å². The Bertz CT molecular complexity index is 825. The first-order valence-electron chi connectivity index (χ1n) is 8.71. The van der Waals surface area contributed by atoms with E-state index in [2.05, 4.69) is 10.4 Å². The molecule has 0 fully saturated rings. The predicted molar refractivity (Wildman–Crippen MR) is 102 cm³/mol. The number of methoxy groups -OCH3 is 1. The molecule has 0 spiro atoms. The minimum absolute atomic E-state index is 0.328. The van der Waals surface area contributed by atoms with Crippen LogP contribution in [-0.2, 0) is 30.2 Å². The van der Waals surface area contributed by atoms with E-state index in [9.17, 15) is 8.42 Å². The molecule has 1 aromatic carbocycles. The first-order valence-corrected chi connectivity index (χ1v) is 10.1. The average molecular weight is 381 g/mol. The molecule has 0 radical (unpaired) electrons. The third kappa shape index (κ3) is 4.25. The van der Waals surface area contributed by atoms with Gasteiger partial charge < -0.3 is 10.1 Å². The number of sulfonamides is 1. The van der Waals surface area contributed by atoms with Crippen LogP contribution in [0.2, 0.25) is 0 Å². The number of nitrogens with zero attached hydrogens (tertiary/aromatic N) is 3. The lowest BCUT2D eigenvalue weighted by molar-refractivity contribution is 0.368. The van der Waals surface area contributed by atoms with Crippen molar-refractivity contribution in [3.8, 4) is 5.88 Å². The Balaban J connectivity index is 2.02. The molecule has 0 bridgehead atoms. The van der Waals surface area contributed by atoms with Gasteiger partial charge in [-0.2, -0.15) is 9.40 Å². The van der Waals surface area contributed by atoms with Gasteiger partial charge in [-0.1, -0.05) is 26.0 Å². The number of nitrogens with one attached hydrogen (secondary N) is 1. The van der Waals surface area contributed by atoms with Gasteiger partial charge in [-0.15, -0.1) is 0 Å². The van der Waals surface area contributed by atoms with E-state index >= 15 is 0 Å². The van der Waals surface area contributed by atoms with Gasteiger partial charge in [0.05, 0.1) is 23.3 Å². The number of rotatable bonds is 9. The summed E-state index contributed by atoms with van der Waals surface area (Å²) in [4.78, 5) is 0.328. The minimum Gasteiger partial charge on any atom is -0.481 e. The molecule has 8 heteroatoms. The van der Waals surface area contributed by atoms with Crippen LogP contribution in [0.25, 0.3) is 0 Å². The maximum Gasteiger partial charge on any atom is 0.243 e. The molecule has 0 aliphatic heterocycles. The van der Waals surface area contributed by atoms with Crippen LogP contribution in [0.1, 0.15) is 30.7 Å². The summed E-state index contributed by atoms with van der Waals surface area (Å²) in [5, 5.41) is 7.72. The van der Waals surface area contributed by atoms with Crippen LogP contribution in [0.15, 0.2) is 29.2 Å². The molecule has 7 nitrogen and oxygen atoms in total. The summed E-state index contributed by atoms with van der Waals surface area (Å²) in [7, 11) is 0.0776. The van der Waals surface area contributed by atoms with Gasteiger partial charge in [0.1, 0.15) is 0 Å². The van der Waals surface area contributed by atoms with Crippen molar-refractivity contribution in [2.75, 3.05) is 20.2 Å². The zero-order valence-corrected chi connectivity index (χ0v) is 16.9. The van der Waals surface area contributed by atoms with Gasteiger partial charge >= 0.3 is 0 Å². The molecule has 0 saturated heterocycles. The SMILES string of the molecule is CCN(CC)S(=O)(=O)c1ccc(CNCc2c(C)nn(C)c2OC)cc1. The van der Waals surface area contributed by atoms with Crippen molar-refractivity contribution < 1.29 is 13.2 Å². The number of aryl methyl sites for hydroxylation is 2. The third-order valence-corrected chi connectivity index (χ3v) is 6.44. The van der Waals surface area contributed by atoms with Crippen LogP contribution in [-0.4, -0.2) is 42.7 Å². The van der Waals surface area contributed by atoms with Crippen molar-refractivity contribution in [3.05, 3.63) is 41.1 Å². The topological polar surface area (TPSA) is 76.5 Å². The van der Waals surface area contributed by atoms with E-state index in [1.165, 1.54) is 4.31 Å². The largest absolute Gasteiger partial charge is 0.481 e. The van der Waals surface area contributed by atoms with Gasteiger partial charge in [-0.25, -0.2) is 13.1 Å². The van der Waals surface area contributed by atoms with E-state index < -0.39 is 10.0 Å². The Labute approximate surface area is 156 Å². The molecule has 0 atom stereocenters. The molecule has 1 heterocycles. The summed E-state index contributed by atoms with van der Waals surface area (Å²) in [6.45, 7) is 7.82. The molecule has 0 unspecified atom stereocenters. The first kappa shape index (κ1) is 20.4. The monoisotopic (exact) mass is 380 g/mol. The van der Waals surface area contributed by atoms with Crippen molar-refractivity contribution in [1.29, 1.82) is 0 Å². The predicted octanol–water partition coefficient (Wildman–Crippen LogP) is 2.06. The number of ether oxygens (including phenoxy) is 1. The highest BCUT2D eigenvalue weighted by Gasteiger charge is 2.21. The standard InChI is InChI=1S/C18H28N4O3S/c1-6-22(7-2)26(23,24)16-10-8-15(9-11-16)12-19-13-17-14(3)20-21(4)18(17)25-5/h8-11,19H,6-7,12-13H2,1-5H3. The van der Waals surface area contributed by atoms with Crippen LogP contribution in [0.3, 0.4) is 0 Å². The number of benzene rings is 1. The Morgan fingerprint density at radius 2 is 1.77 bits per heavy atom. The van der Waals surface area contributed by atoms with Crippen LogP contribution >= 0.6 is 0 Å². The minimum atomic E-state index is -3.41. The number of hydrogen-bond acceptors (Lipinski definition) is 5. The zero-order chi connectivity index (χ0) is 19.3. The highest BCUT2D eigenvalue weighted by atomic mass is 32.2. The Morgan fingerprint density at radius 3 is 2.31 bits per heavy atom. The summed E-state index contributed by atoms with van der Waals surface area (Å²) in [5.41, 5.74) is 2.97. The van der Waals surface area contributed by atoms with Crippen LogP contribution < -0.4 is 10.1 Å². The average Bonchev–Trinajstić information content (AvgIpc) is 2.89. The second-order valence-corrected chi connectivity index (χ2v) is 7.97. The number of hydrogen-bond donors (Lipinski definition) is 1. The highest BCUT2D eigenvalue weighted by molar-refractivity contribution is 7.89. The summed E-state index contributed by atoms with van der Waals surface area (Å²) in [6.07, 6.45) is 0. The Kier molecular flexibility index (Phi) is 6.80. The Hall–Kier alpha value is -1.90. The molecule has 2 aromatic rings. The first-order chi connectivity index (χ1) is 12.3. The van der Waals surface area contributed by atoms with Crippen LogP contribution in [0.5, 0.6) is 5.88 Å². The smallest absolute Gasteiger partial charge is 0.243 e. The molecular weight excluding hydrogens is 352 g/mol. The molecule has 0 saturated carbocycles. The van der Waals surface area contributed by atoms with Crippen LogP contribution in [0.4, 0.5) is 0 Å². The van der Waals surface area contributed by atoms with Gasteiger partial charge in [0.2, 0.25) is 15.9 Å². The maximum absolute atomic E-state index is 12.5. The molecule has 0 aliphatic rings. The van der Waals surface area contributed by atoms with Crippen molar-refractivity contribution >= 4 is 10.0 Å². The van der Waals surface area contributed by atoms with E-state index in [0.29, 0.717) is 31.1 Å². The van der Waals surface area contributed by atoms with Gasteiger partial charge in [0, 0.05) is 33.2 Å². The van der Waals surface area contributed by atoms with E-state index in [-0.39, 0.29) is 0 Å². The van der Waals surface area contributed by atoms with Crippen molar-refractivity contribution in [2.45, 2.75) is 38.8 Å². The van der Waals surface area contributed by atoms with Gasteiger partial charge in [0.25, 0.3) is 0 Å². The fourth-order valence-electron chi connectivity index (χ4n) is 2.96. The molecule has 144 valence electrons. The maximum atomic E-state index is 12.5. The molecule has 1 aromatic heterocycles. The molecular formula is C18H28N4O3S. The lowest BCUT2D eigenvalue weighted by Gasteiger charge is -2.18. The van der Waals surface area contributed by atoms with Gasteiger partial charge in [-0.3, -0.25) is 0 Å². The van der Waals surface area contributed by atoms with E-state index in [0.717, 1.165) is 22.7 Å². The second kappa shape index (κ2) is 8.66. The molecule has 0 amide bonds. The summed E-state index contributed by atoms with van der Waals surface area (Å²) >= 11 is 0. The van der Waals surface area contributed by atoms with E-state index in [4.69, 9.17) is 4.74 Å². The molecule has 1 N–H and O–H groups in total. The number of aromatic nitrogens is 2.